The van der Waals surface area contributed by atoms with Crippen molar-refractivity contribution in [3.05, 3.63) is 87.7 Å². The van der Waals surface area contributed by atoms with Crippen molar-refractivity contribution in [1.29, 1.82) is 0 Å². The van der Waals surface area contributed by atoms with Gasteiger partial charge in [0.15, 0.2) is 0 Å². The molecule has 0 spiro atoms. The Kier molecular flexibility index (Phi) is 8.21. The molecular weight excluding hydrogens is 476 g/mol. The predicted molar refractivity (Wildman–Crippen MR) is 125 cm³/mol. The molecule has 0 radical (unpaired) electrons. The molecule has 1 unspecified atom stereocenters. The van der Waals surface area contributed by atoms with E-state index in [1.807, 2.05) is 6.07 Å². The van der Waals surface area contributed by atoms with Crippen LogP contribution in [0.2, 0.25) is 0 Å². The highest BCUT2D eigenvalue weighted by molar-refractivity contribution is 7.89. The summed E-state index contributed by atoms with van der Waals surface area (Å²) in [6.45, 7) is -0.823. The number of H-pyrrole nitrogens is 1. The molecule has 0 fully saturated rings. The standard InChI is InChI=1S/C23H22N4O7S/c1-2-15-27(20(22(29)25-31)13-16-26-21(28)12-14-24-23(26)30)35(32,33)19-10-8-18(9-11-19)34-17-6-4-3-5-7-17/h1,3-12,14,20,31H,13,15-16H2,(H,24,30)(H,25,29). The number of carbonyl (C=O) groups excluding carboxylic acids is 1. The summed E-state index contributed by atoms with van der Waals surface area (Å²) in [5.41, 5.74) is 0.0459. The highest BCUT2D eigenvalue weighted by Gasteiger charge is 2.35. The summed E-state index contributed by atoms with van der Waals surface area (Å²) >= 11 is 0. The topological polar surface area (TPSA) is 151 Å². The number of para-hydroxylation sites is 1. The molecule has 1 heterocycles. The number of nitrogens with one attached hydrogen (secondary N) is 2. The first-order chi connectivity index (χ1) is 16.8. The lowest BCUT2D eigenvalue weighted by Gasteiger charge is -2.28. The van der Waals surface area contributed by atoms with Gasteiger partial charge in [0.05, 0.1) is 11.4 Å². The van der Waals surface area contributed by atoms with Crippen LogP contribution in [0.4, 0.5) is 0 Å². The van der Waals surface area contributed by atoms with Crippen molar-refractivity contribution < 1.29 is 23.2 Å². The summed E-state index contributed by atoms with van der Waals surface area (Å²) in [4.78, 5) is 38.5. The maximum absolute atomic E-state index is 13.4. The van der Waals surface area contributed by atoms with E-state index in [0.717, 1.165) is 10.6 Å². The summed E-state index contributed by atoms with van der Waals surface area (Å²) in [6.07, 6.45) is 6.21. The largest absolute Gasteiger partial charge is 0.457 e. The Morgan fingerprint density at radius 1 is 1.11 bits per heavy atom. The zero-order valence-corrected chi connectivity index (χ0v) is 19.1. The second-order valence-corrected chi connectivity index (χ2v) is 9.08. The maximum Gasteiger partial charge on any atom is 0.328 e. The molecule has 0 aliphatic heterocycles. The minimum atomic E-state index is -4.34. The highest BCUT2D eigenvalue weighted by atomic mass is 32.2. The molecule has 1 amide bonds. The van der Waals surface area contributed by atoms with E-state index in [1.54, 1.807) is 24.3 Å². The molecule has 0 aliphatic rings. The van der Waals surface area contributed by atoms with E-state index in [4.69, 9.17) is 11.2 Å². The second-order valence-electron chi connectivity index (χ2n) is 7.19. The average molecular weight is 499 g/mol. The van der Waals surface area contributed by atoms with Crippen LogP contribution in [-0.2, 0) is 21.4 Å². The van der Waals surface area contributed by atoms with Crippen molar-refractivity contribution in [2.45, 2.75) is 23.9 Å². The fourth-order valence-electron chi connectivity index (χ4n) is 3.29. The van der Waals surface area contributed by atoms with E-state index in [2.05, 4.69) is 10.9 Å². The Balaban J connectivity index is 1.90. The molecule has 3 rings (SSSR count). The first-order valence-electron chi connectivity index (χ1n) is 10.3. The Labute approximate surface area is 200 Å². The van der Waals surface area contributed by atoms with Crippen molar-refractivity contribution in [3.63, 3.8) is 0 Å². The fourth-order valence-corrected chi connectivity index (χ4v) is 4.82. The van der Waals surface area contributed by atoms with Gasteiger partial charge in [0.1, 0.15) is 17.5 Å². The number of ether oxygens (including phenoxy) is 1. The van der Waals surface area contributed by atoms with Crippen molar-refractivity contribution in [2.75, 3.05) is 6.54 Å². The van der Waals surface area contributed by atoms with Crippen LogP contribution in [0.25, 0.3) is 0 Å². The van der Waals surface area contributed by atoms with Gasteiger partial charge in [-0.15, -0.1) is 6.42 Å². The first kappa shape index (κ1) is 25.4. The zero-order valence-electron chi connectivity index (χ0n) is 18.3. The highest BCUT2D eigenvalue weighted by Crippen LogP contribution is 2.25. The number of terminal acetylenes is 1. The number of aromatic amines is 1. The number of carbonyl (C=O) groups is 1. The van der Waals surface area contributed by atoms with E-state index >= 15 is 0 Å². The third-order valence-corrected chi connectivity index (χ3v) is 6.86. The number of hydrogen-bond donors (Lipinski definition) is 3. The molecule has 0 aliphatic carbocycles. The molecule has 0 saturated carbocycles. The minimum absolute atomic E-state index is 0.182. The second kappa shape index (κ2) is 11.3. The number of hydrogen-bond acceptors (Lipinski definition) is 7. The summed E-state index contributed by atoms with van der Waals surface area (Å²) in [5.74, 6) is 2.06. The number of amides is 1. The van der Waals surface area contributed by atoms with Crippen LogP contribution in [0.5, 0.6) is 11.5 Å². The molecule has 1 aromatic heterocycles. The molecule has 11 nitrogen and oxygen atoms in total. The average Bonchev–Trinajstić information content (AvgIpc) is 2.85. The maximum atomic E-state index is 13.4. The number of rotatable bonds is 10. The number of sulfonamides is 1. The molecule has 0 bridgehead atoms. The smallest absolute Gasteiger partial charge is 0.328 e. The predicted octanol–water partition coefficient (Wildman–Crippen LogP) is 0.917. The van der Waals surface area contributed by atoms with Gasteiger partial charge in [0.2, 0.25) is 10.0 Å². The fraction of sp³-hybridized carbons (Fsp3) is 0.174. The number of aromatic nitrogens is 2. The van der Waals surface area contributed by atoms with Crippen molar-refractivity contribution in [1.82, 2.24) is 19.3 Å². The van der Waals surface area contributed by atoms with Crippen LogP contribution < -0.4 is 21.5 Å². The van der Waals surface area contributed by atoms with E-state index in [9.17, 15) is 28.0 Å². The first-order valence-corrected chi connectivity index (χ1v) is 11.7. The van der Waals surface area contributed by atoms with Gasteiger partial charge in [0.25, 0.3) is 11.5 Å². The summed E-state index contributed by atoms with van der Waals surface area (Å²) in [5, 5.41) is 9.22. The molecule has 12 heteroatoms. The molecule has 3 N–H and O–H groups in total. The molecule has 3 aromatic rings. The van der Waals surface area contributed by atoms with Gasteiger partial charge in [-0.2, -0.15) is 4.31 Å². The van der Waals surface area contributed by atoms with Gasteiger partial charge in [0, 0.05) is 18.8 Å². The number of benzene rings is 2. The van der Waals surface area contributed by atoms with E-state index < -0.39 is 39.8 Å². The van der Waals surface area contributed by atoms with E-state index in [0.29, 0.717) is 15.8 Å². The van der Waals surface area contributed by atoms with E-state index in [1.165, 1.54) is 35.9 Å². The summed E-state index contributed by atoms with van der Waals surface area (Å²) in [7, 11) is -4.34. The van der Waals surface area contributed by atoms with Gasteiger partial charge >= 0.3 is 5.69 Å². The third-order valence-electron chi connectivity index (χ3n) is 4.99. The normalized spacial score (nSPS) is 12.0. The molecule has 1 atom stereocenters. The Hall–Kier alpha value is -4.18. The third kappa shape index (κ3) is 6.04. The van der Waals surface area contributed by atoms with Crippen molar-refractivity contribution in [3.8, 4) is 23.8 Å². The monoisotopic (exact) mass is 498 g/mol. The lowest BCUT2D eigenvalue weighted by molar-refractivity contribution is -0.133. The van der Waals surface area contributed by atoms with Crippen molar-refractivity contribution >= 4 is 15.9 Å². The quantitative estimate of drug-likeness (QED) is 0.214. The minimum Gasteiger partial charge on any atom is -0.457 e. The lowest BCUT2D eigenvalue weighted by Crippen LogP contribution is -2.50. The van der Waals surface area contributed by atoms with Gasteiger partial charge < -0.3 is 9.72 Å². The van der Waals surface area contributed by atoms with Crippen LogP contribution in [0.15, 0.2) is 81.3 Å². The van der Waals surface area contributed by atoms with Gasteiger partial charge in [-0.1, -0.05) is 24.1 Å². The summed E-state index contributed by atoms with van der Waals surface area (Å²) in [6, 6.07) is 13.9. The summed E-state index contributed by atoms with van der Waals surface area (Å²) < 4.78 is 34.0. The van der Waals surface area contributed by atoms with Gasteiger partial charge in [-0.25, -0.2) is 18.7 Å². The van der Waals surface area contributed by atoms with Gasteiger partial charge in [-0.05, 0) is 42.8 Å². The van der Waals surface area contributed by atoms with Gasteiger partial charge in [-0.3, -0.25) is 19.4 Å². The molecule has 182 valence electrons. The van der Waals surface area contributed by atoms with Crippen LogP contribution in [0.1, 0.15) is 6.42 Å². The lowest BCUT2D eigenvalue weighted by atomic mass is 10.2. The Bertz CT molecular complexity index is 1400. The van der Waals surface area contributed by atoms with Crippen LogP contribution in [0.3, 0.4) is 0 Å². The molecule has 35 heavy (non-hydrogen) atoms. The SMILES string of the molecule is C#CCN(C(CCn1c(=O)cc[nH]c1=O)C(=O)NO)S(=O)(=O)c1ccc(Oc2ccccc2)cc1. The molecule has 0 saturated heterocycles. The molecular formula is C23H22N4O7S. The molecule has 2 aromatic carbocycles. The van der Waals surface area contributed by atoms with Crippen LogP contribution in [-0.4, -0.2) is 46.0 Å². The Morgan fingerprint density at radius 2 is 1.77 bits per heavy atom. The van der Waals surface area contributed by atoms with Crippen LogP contribution in [0, 0.1) is 12.3 Å². The van der Waals surface area contributed by atoms with E-state index in [-0.39, 0.29) is 17.9 Å². The van der Waals surface area contributed by atoms with Crippen molar-refractivity contribution in [2.24, 2.45) is 0 Å². The van der Waals surface area contributed by atoms with Crippen LogP contribution >= 0.6 is 0 Å². The number of hydroxylamine groups is 1. The zero-order chi connectivity index (χ0) is 25.4. The number of nitrogens with zero attached hydrogens (tertiary/aromatic N) is 2. The Morgan fingerprint density at radius 3 is 2.37 bits per heavy atom.